The molecule has 0 saturated heterocycles. The second-order valence-corrected chi connectivity index (χ2v) is 7.82. The number of ether oxygens (including phenoxy) is 1. The quantitative estimate of drug-likeness (QED) is 0.262. The normalized spacial score (nSPS) is 11.9. The van der Waals surface area contributed by atoms with Crippen molar-refractivity contribution < 1.29 is 14.6 Å². The smallest absolute Gasteiger partial charge is 0.450 e. The minimum Gasteiger partial charge on any atom is -0.450 e. The van der Waals surface area contributed by atoms with E-state index in [1.54, 1.807) is 0 Å². The average molecular weight is 397 g/mol. The van der Waals surface area contributed by atoms with Crippen molar-refractivity contribution in [2.75, 3.05) is 0 Å². The van der Waals surface area contributed by atoms with Gasteiger partial charge in [-0.25, -0.2) is 4.79 Å². The lowest BCUT2D eigenvalue weighted by Crippen LogP contribution is -2.11. The molecule has 2 aromatic carbocycles. The van der Waals surface area contributed by atoms with Crippen molar-refractivity contribution in [1.82, 2.24) is 0 Å². The molecule has 0 radical (unpaired) electrons. The SMILES string of the molecule is CCCCCCc1ccccc1C(CCCCCCc1ccccc1)OC(=O)O. The first kappa shape index (κ1) is 23.0. The molecular weight excluding hydrogens is 360 g/mol. The lowest BCUT2D eigenvalue weighted by Gasteiger charge is -2.20. The topological polar surface area (TPSA) is 46.5 Å². The molecule has 0 aliphatic heterocycles. The van der Waals surface area contributed by atoms with Crippen LogP contribution in [0.4, 0.5) is 4.79 Å². The third-order valence-corrected chi connectivity index (χ3v) is 5.47. The van der Waals surface area contributed by atoms with Gasteiger partial charge in [0.25, 0.3) is 0 Å². The number of carbonyl (C=O) groups is 1. The molecule has 1 unspecified atom stereocenters. The predicted molar refractivity (Wildman–Crippen MR) is 119 cm³/mol. The Morgan fingerprint density at radius 2 is 1.48 bits per heavy atom. The number of unbranched alkanes of at least 4 members (excludes halogenated alkanes) is 6. The molecule has 158 valence electrons. The highest BCUT2D eigenvalue weighted by Gasteiger charge is 2.19. The summed E-state index contributed by atoms with van der Waals surface area (Å²) < 4.78 is 5.30. The molecule has 2 rings (SSSR count). The first-order chi connectivity index (χ1) is 14.2. The van der Waals surface area contributed by atoms with Crippen molar-refractivity contribution in [2.24, 2.45) is 0 Å². The third kappa shape index (κ3) is 9.17. The summed E-state index contributed by atoms with van der Waals surface area (Å²) in [5, 5.41) is 9.23. The Morgan fingerprint density at radius 1 is 0.828 bits per heavy atom. The van der Waals surface area contributed by atoms with E-state index >= 15 is 0 Å². The third-order valence-electron chi connectivity index (χ3n) is 5.47. The first-order valence-corrected chi connectivity index (χ1v) is 11.2. The molecule has 2 aromatic rings. The standard InChI is InChI=1S/C26H36O3/c1-2-3-4-11-18-23-19-13-14-20-24(23)25(29-26(27)28)21-12-6-5-8-15-22-16-9-7-10-17-22/h7,9-10,13-14,16-17,19-20,25H,2-6,8,11-12,15,18,21H2,1H3,(H,27,28). The molecule has 0 aliphatic carbocycles. The lowest BCUT2D eigenvalue weighted by atomic mass is 9.94. The van der Waals surface area contributed by atoms with Gasteiger partial charge in [0.15, 0.2) is 0 Å². The van der Waals surface area contributed by atoms with Gasteiger partial charge in [0.1, 0.15) is 6.10 Å². The van der Waals surface area contributed by atoms with Crippen molar-refractivity contribution in [3.63, 3.8) is 0 Å². The monoisotopic (exact) mass is 396 g/mol. The molecule has 1 N–H and O–H groups in total. The Kier molecular flexibility index (Phi) is 11.0. The van der Waals surface area contributed by atoms with E-state index in [0.717, 1.165) is 50.5 Å². The fourth-order valence-electron chi connectivity index (χ4n) is 3.87. The summed E-state index contributed by atoms with van der Waals surface area (Å²) in [6.07, 6.45) is 10.6. The highest BCUT2D eigenvalue weighted by Crippen LogP contribution is 2.28. The van der Waals surface area contributed by atoms with Gasteiger partial charge in [-0.3, -0.25) is 0 Å². The molecule has 0 bridgehead atoms. The minimum atomic E-state index is -1.18. The van der Waals surface area contributed by atoms with Crippen LogP contribution in [-0.4, -0.2) is 11.3 Å². The summed E-state index contributed by atoms with van der Waals surface area (Å²) in [4.78, 5) is 11.3. The first-order valence-electron chi connectivity index (χ1n) is 11.2. The highest BCUT2D eigenvalue weighted by molar-refractivity contribution is 5.57. The number of rotatable bonds is 14. The average Bonchev–Trinajstić information content (AvgIpc) is 2.73. The Labute approximate surface area is 176 Å². The molecule has 0 heterocycles. The fraction of sp³-hybridized carbons (Fsp3) is 0.500. The Balaban J connectivity index is 1.83. The van der Waals surface area contributed by atoms with Crippen LogP contribution in [0.25, 0.3) is 0 Å². The number of benzene rings is 2. The van der Waals surface area contributed by atoms with Crippen LogP contribution in [0.3, 0.4) is 0 Å². The number of aryl methyl sites for hydroxylation is 2. The predicted octanol–water partition coefficient (Wildman–Crippen LogP) is 7.74. The van der Waals surface area contributed by atoms with Crippen molar-refractivity contribution in [3.8, 4) is 0 Å². The van der Waals surface area contributed by atoms with E-state index in [1.807, 2.05) is 24.3 Å². The van der Waals surface area contributed by atoms with E-state index in [-0.39, 0.29) is 6.10 Å². The molecule has 0 fully saturated rings. The number of hydrogen-bond donors (Lipinski definition) is 1. The summed E-state index contributed by atoms with van der Waals surface area (Å²) in [5.74, 6) is 0. The zero-order chi connectivity index (χ0) is 20.7. The maximum atomic E-state index is 11.3. The zero-order valence-electron chi connectivity index (χ0n) is 17.8. The Bertz CT molecular complexity index is 696. The Hall–Kier alpha value is -2.29. The molecule has 1 atom stereocenters. The van der Waals surface area contributed by atoms with Crippen LogP contribution in [0, 0.1) is 0 Å². The van der Waals surface area contributed by atoms with Crippen LogP contribution in [0.2, 0.25) is 0 Å². The maximum absolute atomic E-state index is 11.3. The van der Waals surface area contributed by atoms with Crippen LogP contribution >= 0.6 is 0 Å². The van der Waals surface area contributed by atoms with E-state index < -0.39 is 6.16 Å². The summed E-state index contributed by atoms with van der Waals surface area (Å²) >= 11 is 0. The van der Waals surface area contributed by atoms with Gasteiger partial charge in [-0.15, -0.1) is 0 Å². The van der Waals surface area contributed by atoms with Crippen LogP contribution in [0.15, 0.2) is 54.6 Å². The Morgan fingerprint density at radius 3 is 2.24 bits per heavy atom. The second kappa shape index (κ2) is 13.8. The van der Waals surface area contributed by atoms with Gasteiger partial charge in [0.2, 0.25) is 0 Å². The van der Waals surface area contributed by atoms with Crippen LogP contribution < -0.4 is 0 Å². The molecule has 0 amide bonds. The summed E-state index contributed by atoms with van der Waals surface area (Å²) in [6.45, 7) is 2.21. The van der Waals surface area contributed by atoms with Crippen LogP contribution in [0.5, 0.6) is 0 Å². The molecular formula is C26H36O3. The van der Waals surface area contributed by atoms with Crippen LogP contribution in [0.1, 0.15) is 87.5 Å². The van der Waals surface area contributed by atoms with Gasteiger partial charge in [-0.05, 0) is 55.2 Å². The molecule has 0 spiro atoms. The van der Waals surface area contributed by atoms with E-state index in [0.29, 0.717) is 0 Å². The van der Waals surface area contributed by atoms with Crippen molar-refractivity contribution >= 4 is 6.16 Å². The van der Waals surface area contributed by atoms with E-state index in [2.05, 4.69) is 37.3 Å². The number of carboxylic acid groups (broad SMARTS) is 1. The highest BCUT2D eigenvalue weighted by atomic mass is 16.7. The minimum absolute atomic E-state index is 0.357. The van der Waals surface area contributed by atoms with Crippen LogP contribution in [-0.2, 0) is 17.6 Å². The van der Waals surface area contributed by atoms with Crippen molar-refractivity contribution in [1.29, 1.82) is 0 Å². The zero-order valence-corrected chi connectivity index (χ0v) is 17.8. The molecule has 29 heavy (non-hydrogen) atoms. The van der Waals surface area contributed by atoms with Gasteiger partial charge in [0, 0.05) is 0 Å². The van der Waals surface area contributed by atoms with Gasteiger partial charge < -0.3 is 9.84 Å². The lowest BCUT2D eigenvalue weighted by molar-refractivity contribution is 0.0460. The molecule has 3 heteroatoms. The summed E-state index contributed by atoms with van der Waals surface area (Å²) in [5.41, 5.74) is 3.67. The van der Waals surface area contributed by atoms with E-state index in [4.69, 9.17) is 4.74 Å². The molecule has 3 nitrogen and oxygen atoms in total. The number of hydrogen-bond acceptors (Lipinski definition) is 2. The van der Waals surface area contributed by atoms with Gasteiger partial charge >= 0.3 is 6.16 Å². The van der Waals surface area contributed by atoms with Gasteiger partial charge in [-0.1, -0.05) is 93.6 Å². The molecule has 0 aliphatic rings. The fourth-order valence-corrected chi connectivity index (χ4v) is 3.87. The van der Waals surface area contributed by atoms with Gasteiger partial charge in [-0.2, -0.15) is 0 Å². The van der Waals surface area contributed by atoms with Crippen molar-refractivity contribution in [3.05, 3.63) is 71.3 Å². The maximum Gasteiger partial charge on any atom is 0.506 e. The largest absolute Gasteiger partial charge is 0.506 e. The molecule has 0 saturated carbocycles. The summed E-state index contributed by atoms with van der Waals surface area (Å²) in [7, 11) is 0. The van der Waals surface area contributed by atoms with Gasteiger partial charge in [0.05, 0.1) is 0 Å². The summed E-state index contributed by atoms with van der Waals surface area (Å²) in [6, 6.07) is 18.8. The second-order valence-electron chi connectivity index (χ2n) is 7.82. The molecule has 0 aromatic heterocycles. The van der Waals surface area contributed by atoms with E-state index in [1.165, 1.54) is 36.8 Å². The van der Waals surface area contributed by atoms with Crippen molar-refractivity contribution in [2.45, 2.75) is 83.7 Å². The van der Waals surface area contributed by atoms with E-state index in [9.17, 15) is 9.90 Å².